The summed E-state index contributed by atoms with van der Waals surface area (Å²) in [6, 6.07) is 4.85. The third-order valence-corrected chi connectivity index (χ3v) is 2.06. The van der Waals surface area contributed by atoms with Gasteiger partial charge in [0.05, 0.1) is 16.9 Å². The molecule has 0 bridgehead atoms. The second kappa shape index (κ2) is 5.34. The molecule has 0 spiro atoms. The number of anilines is 2. The molecule has 4 nitrogen and oxygen atoms in total. The fraction of sp³-hybridized carbons (Fsp3) is 0.364. The van der Waals surface area contributed by atoms with E-state index < -0.39 is 12.6 Å². The highest BCUT2D eigenvalue weighted by molar-refractivity contribution is 5.92. The summed E-state index contributed by atoms with van der Waals surface area (Å²) < 4.78 is 16.5. The van der Waals surface area contributed by atoms with Crippen molar-refractivity contribution in [3.63, 3.8) is 0 Å². The molecule has 0 aliphatic carbocycles. The Morgan fingerprint density at radius 3 is 2.69 bits per heavy atom. The largest absolute Gasteiger partial charge is 0.459 e. The molecule has 0 radical (unpaired) electrons. The van der Waals surface area contributed by atoms with E-state index in [1.165, 1.54) is 6.07 Å². The van der Waals surface area contributed by atoms with Crippen LogP contribution in [-0.2, 0) is 4.74 Å². The molecule has 2 N–H and O–H groups in total. The lowest BCUT2D eigenvalue weighted by Gasteiger charge is -2.15. The van der Waals surface area contributed by atoms with Crippen LogP contribution in [0.25, 0.3) is 0 Å². The highest BCUT2D eigenvalue weighted by Crippen LogP contribution is 2.22. The van der Waals surface area contributed by atoms with Gasteiger partial charge in [-0.15, -0.1) is 0 Å². The van der Waals surface area contributed by atoms with Crippen molar-refractivity contribution in [1.82, 2.24) is 0 Å². The first-order valence-electron chi connectivity index (χ1n) is 4.86. The van der Waals surface area contributed by atoms with Crippen molar-refractivity contribution in [2.45, 2.75) is 0 Å². The molecule has 0 aromatic heterocycles. The van der Waals surface area contributed by atoms with E-state index in [4.69, 9.17) is 5.73 Å². The van der Waals surface area contributed by atoms with Crippen LogP contribution in [0.3, 0.4) is 0 Å². The maximum Gasteiger partial charge on any atom is 0.338 e. The van der Waals surface area contributed by atoms with Crippen LogP contribution in [0.1, 0.15) is 10.4 Å². The zero-order chi connectivity index (χ0) is 12.1. The van der Waals surface area contributed by atoms with Gasteiger partial charge in [0.25, 0.3) is 0 Å². The quantitative estimate of drug-likeness (QED) is 0.623. The number of nitrogens with two attached hydrogens (primary N) is 1. The Bertz CT molecular complexity index is 380. The van der Waals surface area contributed by atoms with Gasteiger partial charge in [0, 0.05) is 14.1 Å². The summed E-state index contributed by atoms with van der Waals surface area (Å²) >= 11 is 0. The van der Waals surface area contributed by atoms with Gasteiger partial charge in [-0.05, 0) is 18.2 Å². The summed E-state index contributed by atoms with van der Waals surface area (Å²) in [6.07, 6.45) is 0. The Kier molecular flexibility index (Phi) is 4.10. The fourth-order valence-corrected chi connectivity index (χ4v) is 1.30. The number of benzene rings is 1. The molecule has 0 aliphatic heterocycles. The van der Waals surface area contributed by atoms with Crippen molar-refractivity contribution in [3.8, 4) is 0 Å². The Morgan fingerprint density at radius 1 is 1.50 bits per heavy atom. The molecule has 1 aromatic carbocycles. The zero-order valence-corrected chi connectivity index (χ0v) is 9.37. The molecule has 0 heterocycles. The second-order valence-corrected chi connectivity index (χ2v) is 3.49. The fourth-order valence-electron chi connectivity index (χ4n) is 1.30. The molecule has 0 saturated heterocycles. The number of ether oxygens (including phenoxy) is 1. The predicted octanol–water partition coefficient (Wildman–Crippen LogP) is 1.46. The average molecular weight is 226 g/mol. The molecule has 0 atom stereocenters. The maximum absolute atomic E-state index is 11.8. The molecule has 5 heteroatoms. The molecule has 1 aromatic rings. The van der Waals surface area contributed by atoms with Crippen molar-refractivity contribution in [2.24, 2.45) is 0 Å². The summed E-state index contributed by atoms with van der Waals surface area (Å²) in [6.45, 7) is -0.912. The molecular weight excluding hydrogens is 211 g/mol. The third-order valence-electron chi connectivity index (χ3n) is 2.06. The van der Waals surface area contributed by atoms with E-state index in [-0.39, 0.29) is 6.61 Å². The van der Waals surface area contributed by atoms with Gasteiger partial charge < -0.3 is 15.4 Å². The molecule has 16 heavy (non-hydrogen) atoms. The van der Waals surface area contributed by atoms with Crippen LogP contribution >= 0.6 is 0 Å². The first-order valence-corrected chi connectivity index (χ1v) is 4.86. The summed E-state index contributed by atoms with van der Waals surface area (Å²) in [5, 5.41) is 0. The van der Waals surface area contributed by atoms with Gasteiger partial charge in [-0.2, -0.15) is 0 Å². The summed E-state index contributed by atoms with van der Waals surface area (Å²) in [4.78, 5) is 13.2. The number of nitrogens with zero attached hydrogens (tertiary/aromatic N) is 1. The monoisotopic (exact) mass is 226 g/mol. The average Bonchev–Trinajstić information content (AvgIpc) is 2.25. The first kappa shape index (κ1) is 12.3. The second-order valence-electron chi connectivity index (χ2n) is 3.49. The van der Waals surface area contributed by atoms with Gasteiger partial charge in [0.15, 0.2) is 0 Å². The van der Waals surface area contributed by atoms with E-state index in [1.54, 1.807) is 12.1 Å². The summed E-state index contributed by atoms with van der Waals surface area (Å²) in [7, 11) is 3.71. The first-order chi connectivity index (χ1) is 7.56. The molecule has 0 fully saturated rings. The molecule has 0 aliphatic rings. The van der Waals surface area contributed by atoms with Gasteiger partial charge >= 0.3 is 5.97 Å². The van der Waals surface area contributed by atoms with Gasteiger partial charge in [0.2, 0.25) is 0 Å². The third kappa shape index (κ3) is 2.85. The van der Waals surface area contributed by atoms with Crippen LogP contribution in [0.2, 0.25) is 0 Å². The number of carbonyl (C=O) groups excluding carboxylic acids is 1. The van der Waals surface area contributed by atoms with Crippen molar-refractivity contribution >= 4 is 17.3 Å². The highest BCUT2D eigenvalue weighted by atomic mass is 19.1. The van der Waals surface area contributed by atoms with Crippen molar-refractivity contribution in [1.29, 1.82) is 0 Å². The van der Waals surface area contributed by atoms with Gasteiger partial charge in [0.1, 0.15) is 13.3 Å². The van der Waals surface area contributed by atoms with Gasteiger partial charge in [-0.1, -0.05) is 0 Å². The van der Waals surface area contributed by atoms with Crippen molar-refractivity contribution in [2.75, 3.05) is 38.0 Å². The molecular formula is C11H15FN2O2. The van der Waals surface area contributed by atoms with Crippen LogP contribution in [0, 0.1) is 0 Å². The SMILES string of the molecule is CN(C)c1ccc(C(=O)OCCF)cc1N. The predicted molar refractivity (Wildman–Crippen MR) is 61.4 cm³/mol. The van der Waals surface area contributed by atoms with Crippen LogP contribution in [0.15, 0.2) is 18.2 Å². The lowest BCUT2D eigenvalue weighted by molar-refractivity contribution is 0.0481. The zero-order valence-electron chi connectivity index (χ0n) is 9.37. The van der Waals surface area contributed by atoms with E-state index in [1.807, 2.05) is 19.0 Å². The Labute approximate surface area is 93.8 Å². The topological polar surface area (TPSA) is 55.6 Å². The van der Waals surface area contributed by atoms with E-state index in [0.717, 1.165) is 5.69 Å². The maximum atomic E-state index is 11.8. The van der Waals surface area contributed by atoms with Crippen LogP contribution < -0.4 is 10.6 Å². The van der Waals surface area contributed by atoms with Crippen molar-refractivity contribution < 1.29 is 13.9 Å². The standard InChI is InChI=1S/C11H15FN2O2/c1-14(2)10-4-3-8(7-9(10)13)11(15)16-6-5-12/h3-4,7H,5-6,13H2,1-2H3. The Hall–Kier alpha value is -1.78. The number of nitrogen functional groups attached to an aromatic ring is 1. The summed E-state index contributed by atoms with van der Waals surface area (Å²) in [5.41, 5.74) is 7.40. The van der Waals surface area contributed by atoms with E-state index in [0.29, 0.717) is 11.3 Å². The van der Waals surface area contributed by atoms with Gasteiger partial charge in [-0.3, -0.25) is 0 Å². The molecule has 88 valence electrons. The minimum Gasteiger partial charge on any atom is -0.459 e. The van der Waals surface area contributed by atoms with Crippen LogP contribution in [0.4, 0.5) is 15.8 Å². The number of alkyl halides is 1. The number of hydrogen-bond donors (Lipinski definition) is 1. The number of rotatable bonds is 4. The molecule has 0 unspecified atom stereocenters. The van der Waals surface area contributed by atoms with E-state index in [2.05, 4.69) is 4.74 Å². The van der Waals surface area contributed by atoms with E-state index >= 15 is 0 Å². The minimum atomic E-state index is -0.684. The normalized spacial score (nSPS) is 9.94. The lowest BCUT2D eigenvalue weighted by Crippen LogP contribution is -2.13. The van der Waals surface area contributed by atoms with Crippen LogP contribution in [0.5, 0.6) is 0 Å². The van der Waals surface area contributed by atoms with Crippen molar-refractivity contribution in [3.05, 3.63) is 23.8 Å². The molecule has 0 amide bonds. The Balaban J connectivity index is 2.84. The number of hydrogen-bond acceptors (Lipinski definition) is 4. The minimum absolute atomic E-state index is 0.228. The molecule has 1 rings (SSSR count). The highest BCUT2D eigenvalue weighted by Gasteiger charge is 2.10. The smallest absolute Gasteiger partial charge is 0.338 e. The van der Waals surface area contributed by atoms with Gasteiger partial charge in [-0.25, -0.2) is 9.18 Å². The lowest BCUT2D eigenvalue weighted by atomic mass is 10.1. The number of carbonyl (C=O) groups is 1. The van der Waals surface area contributed by atoms with E-state index in [9.17, 15) is 9.18 Å². The summed E-state index contributed by atoms with van der Waals surface area (Å²) in [5.74, 6) is -0.561. The number of esters is 1. The number of halogens is 1. The molecule has 0 saturated carbocycles. The van der Waals surface area contributed by atoms with Crippen LogP contribution in [-0.4, -0.2) is 33.3 Å². The Morgan fingerprint density at radius 2 is 2.19 bits per heavy atom.